The monoisotopic (exact) mass is 269 g/mol. The third kappa shape index (κ3) is 4.39. The summed E-state index contributed by atoms with van der Waals surface area (Å²) in [5, 5.41) is 3.36. The summed E-state index contributed by atoms with van der Waals surface area (Å²) < 4.78 is 5.87. The summed E-state index contributed by atoms with van der Waals surface area (Å²) in [7, 11) is 0. The van der Waals surface area contributed by atoms with E-state index in [0.29, 0.717) is 6.61 Å². The summed E-state index contributed by atoms with van der Waals surface area (Å²) in [5.41, 5.74) is 3.88. The van der Waals surface area contributed by atoms with E-state index in [1.54, 1.807) is 0 Å². The van der Waals surface area contributed by atoms with E-state index < -0.39 is 0 Å². The molecule has 20 heavy (non-hydrogen) atoms. The molecular formula is C18H23NO. The zero-order chi connectivity index (χ0) is 14.2. The van der Waals surface area contributed by atoms with Crippen LogP contribution in [0.25, 0.3) is 0 Å². The van der Waals surface area contributed by atoms with Gasteiger partial charge in [-0.15, -0.1) is 0 Å². The molecular weight excluding hydrogens is 246 g/mol. The summed E-state index contributed by atoms with van der Waals surface area (Å²) in [5.74, 6) is 0.928. The van der Waals surface area contributed by atoms with Gasteiger partial charge in [0.2, 0.25) is 0 Å². The van der Waals surface area contributed by atoms with E-state index >= 15 is 0 Å². The number of hydrogen-bond acceptors (Lipinski definition) is 2. The lowest BCUT2D eigenvalue weighted by Gasteiger charge is -2.11. The van der Waals surface area contributed by atoms with E-state index in [1.165, 1.54) is 16.7 Å². The molecule has 0 heterocycles. The van der Waals surface area contributed by atoms with E-state index in [4.69, 9.17) is 4.74 Å². The Kier molecular flexibility index (Phi) is 5.63. The van der Waals surface area contributed by atoms with E-state index in [9.17, 15) is 0 Å². The number of benzene rings is 2. The highest BCUT2D eigenvalue weighted by Crippen LogP contribution is 2.16. The molecule has 0 aliphatic carbocycles. The molecule has 2 heteroatoms. The zero-order valence-corrected chi connectivity index (χ0v) is 12.4. The minimum Gasteiger partial charge on any atom is -0.489 e. The van der Waals surface area contributed by atoms with Crippen molar-refractivity contribution in [2.45, 2.75) is 26.9 Å². The predicted molar refractivity (Wildman–Crippen MR) is 84.2 cm³/mol. The van der Waals surface area contributed by atoms with Gasteiger partial charge in [0.1, 0.15) is 12.4 Å². The summed E-state index contributed by atoms with van der Waals surface area (Å²) >= 11 is 0. The van der Waals surface area contributed by atoms with Crippen molar-refractivity contribution >= 4 is 0 Å². The maximum atomic E-state index is 5.87. The molecule has 0 aliphatic rings. The smallest absolute Gasteiger partial charge is 0.119 e. The Morgan fingerprint density at radius 1 is 0.950 bits per heavy atom. The number of nitrogens with one attached hydrogen (secondary N) is 1. The van der Waals surface area contributed by atoms with E-state index in [-0.39, 0.29) is 0 Å². The Labute approximate surface area is 121 Å². The Morgan fingerprint density at radius 2 is 1.65 bits per heavy atom. The van der Waals surface area contributed by atoms with Crippen LogP contribution in [0, 0.1) is 6.92 Å². The second kappa shape index (κ2) is 7.71. The summed E-state index contributed by atoms with van der Waals surface area (Å²) in [6.07, 6.45) is 1.04. The van der Waals surface area contributed by atoms with Gasteiger partial charge >= 0.3 is 0 Å². The minimum absolute atomic E-state index is 0.630. The van der Waals surface area contributed by atoms with Gasteiger partial charge in [0.05, 0.1) is 0 Å². The van der Waals surface area contributed by atoms with Crippen LogP contribution in [0.2, 0.25) is 0 Å². The third-order valence-electron chi connectivity index (χ3n) is 3.35. The topological polar surface area (TPSA) is 21.3 Å². The number of rotatable bonds is 7. The second-order valence-corrected chi connectivity index (χ2v) is 4.97. The normalized spacial score (nSPS) is 10.5. The lowest BCUT2D eigenvalue weighted by molar-refractivity contribution is 0.305. The molecule has 0 fully saturated rings. The van der Waals surface area contributed by atoms with Gasteiger partial charge in [-0.05, 0) is 49.7 Å². The van der Waals surface area contributed by atoms with Crippen molar-refractivity contribution in [2.24, 2.45) is 0 Å². The second-order valence-electron chi connectivity index (χ2n) is 4.97. The fraction of sp³-hybridized carbons (Fsp3) is 0.333. The molecule has 2 nitrogen and oxygen atoms in total. The van der Waals surface area contributed by atoms with E-state index in [1.807, 2.05) is 12.1 Å². The first-order chi connectivity index (χ1) is 9.79. The number of hydrogen-bond donors (Lipinski definition) is 1. The maximum Gasteiger partial charge on any atom is 0.119 e. The van der Waals surface area contributed by atoms with Gasteiger partial charge in [-0.25, -0.2) is 0 Å². The van der Waals surface area contributed by atoms with Crippen molar-refractivity contribution in [1.82, 2.24) is 5.32 Å². The molecule has 2 aromatic carbocycles. The van der Waals surface area contributed by atoms with Crippen LogP contribution in [-0.2, 0) is 13.0 Å². The van der Waals surface area contributed by atoms with Gasteiger partial charge in [0.25, 0.3) is 0 Å². The molecule has 1 N–H and O–H groups in total. The molecule has 0 saturated carbocycles. The Morgan fingerprint density at radius 3 is 2.35 bits per heavy atom. The molecule has 0 amide bonds. The first-order valence-corrected chi connectivity index (χ1v) is 7.26. The Balaban J connectivity index is 1.96. The molecule has 0 saturated heterocycles. The largest absolute Gasteiger partial charge is 0.489 e. The molecule has 2 aromatic rings. The Hall–Kier alpha value is -1.80. The van der Waals surface area contributed by atoms with Gasteiger partial charge in [-0.3, -0.25) is 0 Å². The number of ether oxygens (including phenoxy) is 1. The van der Waals surface area contributed by atoms with Crippen LogP contribution in [0.3, 0.4) is 0 Å². The maximum absolute atomic E-state index is 5.87. The van der Waals surface area contributed by atoms with Crippen LogP contribution in [0.1, 0.15) is 23.6 Å². The van der Waals surface area contributed by atoms with Crippen molar-refractivity contribution in [3.8, 4) is 5.75 Å². The van der Waals surface area contributed by atoms with Crippen LogP contribution < -0.4 is 10.1 Å². The highest BCUT2D eigenvalue weighted by Gasteiger charge is 2.02. The van der Waals surface area contributed by atoms with Crippen molar-refractivity contribution < 1.29 is 4.74 Å². The van der Waals surface area contributed by atoms with E-state index in [0.717, 1.165) is 25.3 Å². The number of likely N-dealkylation sites (N-methyl/N-ethyl adjacent to an activating group) is 1. The van der Waals surface area contributed by atoms with Crippen LogP contribution in [0.5, 0.6) is 5.75 Å². The average Bonchev–Trinajstić information content (AvgIpc) is 2.48. The molecule has 0 aliphatic heterocycles. The van der Waals surface area contributed by atoms with Crippen LogP contribution in [-0.4, -0.2) is 13.1 Å². The zero-order valence-electron chi connectivity index (χ0n) is 12.4. The third-order valence-corrected chi connectivity index (χ3v) is 3.35. The standard InChI is InChI=1S/C18H23NO/c1-3-19-13-12-16-6-4-5-7-17(16)14-20-18-10-8-15(2)9-11-18/h4-11,19H,3,12-14H2,1-2H3. The molecule has 0 spiro atoms. The van der Waals surface area contributed by atoms with Crippen molar-refractivity contribution in [2.75, 3.05) is 13.1 Å². The molecule has 0 radical (unpaired) electrons. The summed E-state index contributed by atoms with van der Waals surface area (Å²) in [6, 6.07) is 16.7. The summed E-state index contributed by atoms with van der Waals surface area (Å²) in [6.45, 7) is 6.87. The molecule has 2 rings (SSSR count). The quantitative estimate of drug-likeness (QED) is 0.773. The van der Waals surface area contributed by atoms with E-state index in [2.05, 4.69) is 55.6 Å². The summed E-state index contributed by atoms with van der Waals surface area (Å²) in [4.78, 5) is 0. The molecule has 0 bridgehead atoms. The average molecular weight is 269 g/mol. The van der Waals surface area contributed by atoms with Gasteiger partial charge in [-0.1, -0.05) is 48.9 Å². The SMILES string of the molecule is CCNCCc1ccccc1COc1ccc(C)cc1. The first kappa shape index (κ1) is 14.6. The fourth-order valence-corrected chi connectivity index (χ4v) is 2.14. The molecule has 0 unspecified atom stereocenters. The lowest BCUT2D eigenvalue weighted by Crippen LogP contribution is -2.17. The van der Waals surface area contributed by atoms with Crippen LogP contribution in [0.15, 0.2) is 48.5 Å². The molecule has 0 atom stereocenters. The lowest BCUT2D eigenvalue weighted by atomic mass is 10.1. The first-order valence-electron chi connectivity index (χ1n) is 7.26. The Bertz CT molecular complexity index is 519. The molecule has 106 valence electrons. The van der Waals surface area contributed by atoms with Gasteiger partial charge in [-0.2, -0.15) is 0 Å². The van der Waals surface area contributed by atoms with Crippen molar-refractivity contribution in [3.05, 3.63) is 65.2 Å². The van der Waals surface area contributed by atoms with Gasteiger partial charge in [0.15, 0.2) is 0 Å². The predicted octanol–water partition coefficient (Wildman–Crippen LogP) is 3.73. The number of aryl methyl sites for hydroxylation is 1. The van der Waals surface area contributed by atoms with Crippen molar-refractivity contribution in [1.29, 1.82) is 0 Å². The van der Waals surface area contributed by atoms with Crippen LogP contribution in [0.4, 0.5) is 0 Å². The highest BCUT2D eigenvalue weighted by atomic mass is 16.5. The van der Waals surface area contributed by atoms with Gasteiger partial charge < -0.3 is 10.1 Å². The fourth-order valence-electron chi connectivity index (χ4n) is 2.14. The molecule has 0 aromatic heterocycles. The van der Waals surface area contributed by atoms with Gasteiger partial charge in [0, 0.05) is 0 Å². The van der Waals surface area contributed by atoms with Crippen LogP contribution >= 0.6 is 0 Å². The highest BCUT2D eigenvalue weighted by molar-refractivity contribution is 5.29. The van der Waals surface area contributed by atoms with Crippen molar-refractivity contribution in [3.63, 3.8) is 0 Å². The minimum atomic E-state index is 0.630.